The van der Waals surface area contributed by atoms with E-state index in [0.717, 1.165) is 44.9 Å². The molecule has 1 heterocycles. The van der Waals surface area contributed by atoms with Gasteiger partial charge in [-0.05, 0) is 60.0 Å². The van der Waals surface area contributed by atoms with Crippen molar-refractivity contribution in [3.8, 4) is 33.6 Å². The molecule has 0 saturated carbocycles. The average molecular weight is 528 g/mol. The standard InChI is InChI=1S/C39H29NO/c1-28-35-19-9-11-22-38(35)41-39(28)32-15-12-18-34(27-32)40(33-16-6-3-7-17-33)37-21-10-8-20-36(37)31-25-23-30(24-26-31)29-13-4-2-5-14-29/h2-27H,1H3. The van der Waals surface area contributed by atoms with Gasteiger partial charge in [0.2, 0.25) is 0 Å². The molecule has 6 aromatic carbocycles. The smallest absolute Gasteiger partial charge is 0.138 e. The Morgan fingerprint density at radius 3 is 1.83 bits per heavy atom. The highest BCUT2D eigenvalue weighted by Crippen LogP contribution is 2.42. The predicted octanol–water partition coefficient (Wildman–Crippen LogP) is 11.2. The molecule has 0 amide bonds. The first kappa shape index (κ1) is 24.7. The molecule has 0 N–H and O–H groups in total. The Kier molecular flexibility index (Phi) is 6.42. The van der Waals surface area contributed by atoms with Crippen molar-refractivity contribution in [1.82, 2.24) is 0 Å². The van der Waals surface area contributed by atoms with Crippen molar-refractivity contribution in [2.75, 3.05) is 4.90 Å². The summed E-state index contributed by atoms with van der Waals surface area (Å²) in [6.45, 7) is 2.14. The van der Waals surface area contributed by atoms with Crippen LogP contribution >= 0.6 is 0 Å². The van der Waals surface area contributed by atoms with E-state index in [4.69, 9.17) is 4.42 Å². The van der Waals surface area contributed by atoms with Crippen molar-refractivity contribution in [2.45, 2.75) is 6.92 Å². The van der Waals surface area contributed by atoms with Crippen molar-refractivity contribution in [3.05, 3.63) is 163 Å². The van der Waals surface area contributed by atoms with Gasteiger partial charge in [0.25, 0.3) is 0 Å². The highest BCUT2D eigenvalue weighted by atomic mass is 16.3. The molecule has 0 radical (unpaired) electrons. The van der Waals surface area contributed by atoms with Gasteiger partial charge in [0.05, 0.1) is 5.69 Å². The van der Waals surface area contributed by atoms with Crippen LogP contribution in [0.3, 0.4) is 0 Å². The van der Waals surface area contributed by atoms with Gasteiger partial charge in [-0.25, -0.2) is 0 Å². The molecule has 0 spiro atoms. The zero-order valence-corrected chi connectivity index (χ0v) is 22.9. The largest absolute Gasteiger partial charge is 0.456 e. The van der Waals surface area contributed by atoms with Gasteiger partial charge in [0.1, 0.15) is 11.3 Å². The summed E-state index contributed by atoms with van der Waals surface area (Å²) in [4.78, 5) is 2.34. The quantitative estimate of drug-likeness (QED) is 0.214. The molecule has 7 aromatic rings. The van der Waals surface area contributed by atoms with Crippen LogP contribution in [0.1, 0.15) is 5.56 Å². The molecule has 0 aliphatic rings. The van der Waals surface area contributed by atoms with E-state index >= 15 is 0 Å². The summed E-state index contributed by atoms with van der Waals surface area (Å²) in [6.07, 6.45) is 0. The normalized spacial score (nSPS) is 11.0. The lowest BCUT2D eigenvalue weighted by Crippen LogP contribution is -2.11. The molecule has 0 aliphatic heterocycles. The van der Waals surface area contributed by atoms with E-state index in [-0.39, 0.29) is 0 Å². The second-order valence-corrected chi connectivity index (χ2v) is 10.2. The number of anilines is 3. The SMILES string of the molecule is Cc1c(-c2cccc(N(c3ccccc3)c3ccccc3-c3ccc(-c4ccccc4)cc3)c2)oc2ccccc12. The number of aryl methyl sites for hydroxylation is 1. The first-order valence-corrected chi connectivity index (χ1v) is 13.9. The third kappa shape index (κ3) is 4.70. The minimum Gasteiger partial charge on any atom is -0.456 e. The van der Waals surface area contributed by atoms with Gasteiger partial charge in [-0.1, -0.05) is 121 Å². The van der Waals surface area contributed by atoms with Crippen LogP contribution in [0.4, 0.5) is 17.1 Å². The lowest BCUT2D eigenvalue weighted by atomic mass is 9.98. The Labute approximate surface area is 240 Å². The Balaban J connectivity index is 1.35. The van der Waals surface area contributed by atoms with E-state index in [1.54, 1.807) is 0 Å². The number of nitrogens with zero attached hydrogens (tertiary/aromatic N) is 1. The fourth-order valence-corrected chi connectivity index (χ4v) is 5.63. The van der Waals surface area contributed by atoms with Gasteiger partial charge < -0.3 is 9.32 Å². The molecule has 41 heavy (non-hydrogen) atoms. The fourth-order valence-electron chi connectivity index (χ4n) is 5.63. The Morgan fingerprint density at radius 2 is 1.05 bits per heavy atom. The van der Waals surface area contributed by atoms with Gasteiger partial charge >= 0.3 is 0 Å². The Bertz CT molecular complexity index is 1940. The lowest BCUT2D eigenvalue weighted by molar-refractivity contribution is 0.629. The van der Waals surface area contributed by atoms with E-state index in [1.807, 2.05) is 12.1 Å². The molecule has 0 saturated heterocycles. The van der Waals surface area contributed by atoms with Crippen LogP contribution in [-0.2, 0) is 0 Å². The van der Waals surface area contributed by atoms with Crippen LogP contribution in [0.5, 0.6) is 0 Å². The summed E-state index contributed by atoms with van der Waals surface area (Å²) < 4.78 is 6.35. The second-order valence-electron chi connectivity index (χ2n) is 10.2. The molecule has 0 aliphatic carbocycles. The van der Waals surface area contributed by atoms with Crippen LogP contribution in [0, 0.1) is 6.92 Å². The Hall–Kier alpha value is -5.34. The topological polar surface area (TPSA) is 16.4 Å². The highest BCUT2D eigenvalue weighted by molar-refractivity contribution is 5.91. The van der Waals surface area contributed by atoms with Gasteiger partial charge in [0.15, 0.2) is 0 Å². The maximum Gasteiger partial charge on any atom is 0.138 e. The van der Waals surface area contributed by atoms with Gasteiger partial charge in [0, 0.05) is 33.5 Å². The number of fused-ring (bicyclic) bond motifs is 1. The molecule has 7 rings (SSSR count). The highest BCUT2D eigenvalue weighted by Gasteiger charge is 2.19. The molecular formula is C39H29NO. The minimum atomic E-state index is 0.908. The summed E-state index contributed by atoms with van der Waals surface area (Å²) in [6, 6.07) is 55.4. The first-order chi connectivity index (χ1) is 20.3. The van der Waals surface area contributed by atoms with E-state index in [0.29, 0.717) is 0 Å². The summed E-state index contributed by atoms with van der Waals surface area (Å²) in [5, 5.41) is 1.15. The van der Waals surface area contributed by atoms with Crippen LogP contribution in [0.25, 0.3) is 44.5 Å². The maximum atomic E-state index is 6.35. The van der Waals surface area contributed by atoms with Crippen LogP contribution in [0.15, 0.2) is 162 Å². The molecule has 0 fully saturated rings. The van der Waals surface area contributed by atoms with E-state index in [9.17, 15) is 0 Å². The monoisotopic (exact) mass is 527 g/mol. The number of para-hydroxylation sites is 3. The predicted molar refractivity (Wildman–Crippen MR) is 172 cm³/mol. The molecule has 196 valence electrons. The fraction of sp³-hybridized carbons (Fsp3) is 0.0256. The lowest BCUT2D eigenvalue weighted by Gasteiger charge is -2.28. The third-order valence-electron chi connectivity index (χ3n) is 7.67. The third-order valence-corrected chi connectivity index (χ3v) is 7.67. The van der Waals surface area contributed by atoms with Gasteiger partial charge in [-0.3, -0.25) is 0 Å². The summed E-state index contributed by atoms with van der Waals surface area (Å²) in [7, 11) is 0. The Morgan fingerprint density at radius 1 is 0.463 bits per heavy atom. The minimum absolute atomic E-state index is 0.908. The summed E-state index contributed by atoms with van der Waals surface area (Å²) in [5.74, 6) is 0.908. The van der Waals surface area contributed by atoms with E-state index < -0.39 is 0 Å². The molecule has 0 unspecified atom stereocenters. The number of furan rings is 1. The summed E-state index contributed by atoms with van der Waals surface area (Å²) >= 11 is 0. The van der Waals surface area contributed by atoms with Gasteiger partial charge in [-0.2, -0.15) is 0 Å². The van der Waals surface area contributed by atoms with E-state index in [2.05, 4.69) is 157 Å². The number of benzene rings is 6. The molecule has 2 heteroatoms. The van der Waals surface area contributed by atoms with Crippen molar-refractivity contribution in [3.63, 3.8) is 0 Å². The van der Waals surface area contributed by atoms with Crippen molar-refractivity contribution in [1.29, 1.82) is 0 Å². The molecule has 0 atom stereocenters. The number of hydrogen-bond donors (Lipinski definition) is 0. The molecule has 0 bridgehead atoms. The second kappa shape index (κ2) is 10.7. The van der Waals surface area contributed by atoms with Crippen molar-refractivity contribution in [2.24, 2.45) is 0 Å². The van der Waals surface area contributed by atoms with Crippen LogP contribution in [0.2, 0.25) is 0 Å². The number of hydrogen-bond acceptors (Lipinski definition) is 2. The number of rotatable bonds is 6. The van der Waals surface area contributed by atoms with Gasteiger partial charge in [-0.15, -0.1) is 0 Å². The van der Waals surface area contributed by atoms with Crippen LogP contribution in [-0.4, -0.2) is 0 Å². The van der Waals surface area contributed by atoms with Crippen LogP contribution < -0.4 is 4.90 Å². The first-order valence-electron chi connectivity index (χ1n) is 13.9. The molecular weight excluding hydrogens is 498 g/mol. The molecule has 2 nitrogen and oxygen atoms in total. The van der Waals surface area contributed by atoms with E-state index in [1.165, 1.54) is 22.3 Å². The zero-order valence-electron chi connectivity index (χ0n) is 22.9. The summed E-state index contributed by atoms with van der Waals surface area (Å²) in [5.41, 5.74) is 11.2. The maximum absolute atomic E-state index is 6.35. The molecule has 1 aromatic heterocycles. The van der Waals surface area contributed by atoms with Crippen molar-refractivity contribution >= 4 is 28.0 Å². The zero-order chi connectivity index (χ0) is 27.6. The average Bonchev–Trinajstić information content (AvgIpc) is 3.39. The van der Waals surface area contributed by atoms with Crippen molar-refractivity contribution < 1.29 is 4.42 Å².